The van der Waals surface area contributed by atoms with Gasteiger partial charge in [0.15, 0.2) is 0 Å². The minimum absolute atomic E-state index is 0.659. The normalized spacial score (nSPS) is 15.2. The molecule has 1 fully saturated rings. The Labute approximate surface area is 136 Å². The molecular formula is C18H33N3O. The zero-order valence-corrected chi connectivity index (χ0v) is 14.9. The SMILES string of the molecule is CC.CNCCNC1CCN(c2ccc(C)c(OC)c2)CC1. The van der Waals surface area contributed by atoms with Gasteiger partial charge >= 0.3 is 0 Å². The molecule has 0 saturated carbocycles. The lowest BCUT2D eigenvalue weighted by Crippen LogP contribution is -2.44. The summed E-state index contributed by atoms with van der Waals surface area (Å²) in [7, 11) is 3.74. The molecule has 0 aromatic heterocycles. The third-order valence-corrected chi connectivity index (χ3v) is 4.06. The van der Waals surface area contributed by atoms with Crippen molar-refractivity contribution in [1.29, 1.82) is 0 Å². The fourth-order valence-corrected chi connectivity index (χ4v) is 2.75. The highest BCUT2D eigenvalue weighted by molar-refractivity contribution is 5.53. The Morgan fingerprint density at radius 3 is 2.45 bits per heavy atom. The first-order valence-corrected chi connectivity index (χ1v) is 8.52. The van der Waals surface area contributed by atoms with Crippen molar-refractivity contribution in [3.05, 3.63) is 23.8 Å². The molecule has 0 radical (unpaired) electrons. The van der Waals surface area contributed by atoms with Gasteiger partial charge in [-0.15, -0.1) is 0 Å². The number of nitrogens with one attached hydrogen (secondary N) is 2. The number of methoxy groups -OCH3 is 1. The quantitative estimate of drug-likeness (QED) is 0.793. The van der Waals surface area contributed by atoms with E-state index in [9.17, 15) is 0 Å². The van der Waals surface area contributed by atoms with E-state index in [1.807, 2.05) is 20.9 Å². The van der Waals surface area contributed by atoms with Gasteiger partial charge in [0.1, 0.15) is 5.75 Å². The van der Waals surface area contributed by atoms with Gasteiger partial charge < -0.3 is 20.3 Å². The smallest absolute Gasteiger partial charge is 0.123 e. The van der Waals surface area contributed by atoms with Crippen molar-refractivity contribution in [3.8, 4) is 5.75 Å². The van der Waals surface area contributed by atoms with Gasteiger partial charge in [-0.2, -0.15) is 0 Å². The van der Waals surface area contributed by atoms with Crippen LogP contribution in [0.1, 0.15) is 32.3 Å². The molecular weight excluding hydrogens is 274 g/mol. The van der Waals surface area contributed by atoms with Crippen molar-refractivity contribution in [2.75, 3.05) is 45.2 Å². The molecule has 1 aliphatic heterocycles. The lowest BCUT2D eigenvalue weighted by atomic mass is 10.0. The Morgan fingerprint density at radius 1 is 1.18 bits per heavy atom. The largest absolute Gasteiger partial charge is 0.496 e. The molecule has 0 unspecified atom stereocenters. The summed E-state index contributed by atoms with van der Waals surface area (Å²) in [6.07, 6.45) is 2.42. The maximum atomic E-state index is 5.42. The van der Waals surface area contributed by atoms with Gasteiger partial charge in [0, 0.05) is 44.0 Å². The van der Waals surface area contributed by atoms with Crippen LogP contribution in [-0.2, 0) is 0 Å². The van der Waals surface area contributed by atoms with E-state index in [1.165, 1.54) is 24.1 Å². The highest BCUT2D eigenvalue weighted by Crippen LogP contribution is 2.27. The summed E-state index contributed by atoms with van der Waals surface area (Å²) in [5, 5.41) is 6.79. The predicted molar refractivity (Wildman–Crippen MR) is 96.2 cm³/mol. The number of ether oxygens (including phenoxy) is 1. The molecule has 4 nitrogen and oxygen atoms in total. The first-order chi connectivity index (χ1) is 10.7. The van der Waals surface area contributed by atoms with Crippen LogP contribution >= 0.6 is 0 Å². The molecule has 4 heteroatoms. The fourth-order valence-electron chi connectivity index (χ4n) is 2.75. The van der Waals surface area contributed by atoms with Gasteiger partial charge in [-0.1, -0.05) is 19.9 Å². The molecule has 0 bridgehead atoms. The van der Waals surface area contributed by atoms with Gasteiger partial charge in [-0.3, -0.25) is 0 Å². The Bertz CT molecular complexity index is 415. The zero-order valence-electron chi connectivity index (χ0n) is 14.9. The average molecular weight is 307 g/mol. The second-order valence-corrected chi connectivity index (χ2v) is 5.47. The first kappa shape index (κ1) is 18.8. The number of hydrogen-bond acceptors (Lipinski definition) is 4. The summed E-state index contributed by atoms with van der Waals surface area (Å²) in [5.41, 5.74) is 2.47. The minimum atomic E-state index is 0.659. The van der Waals surface area contributed by atoms with Gasteiger partial charge in [0.2, 0.25) is 0 Å². The van der Waals surface area contributed by atoms with Crippen LogP contribution < -0.4 is 20.3 Å². The number of anilines is 1. The highest BCUT2D eigenvalue weighted by Gasteiger charge is 2.19. The zero-order chi connectivity index (χ0) is 16.4. The van der Waals surface area contributed by atoms with Crippen LogP contribution in [0.3, 0.4) is 0 Å². The Balaban J connectivity index is 0.00000116. The van der Waals surface area contributed by atoms with Crippen molar-refractivity contribution in [2.45, 2.75) is 39.7 Å². The maximum absolute atomic E-state index is 5.42. The van der Waals surface area contributed by atoms with Crippen LogP contribution in [-0.4, -0.2) is 46.4 Å². The van der Waals surface area contributed by atoms with Crippen molar-refractivity contribution >= 4 is 5.69 Å². The summed E-state index contributed by atoms with van der Waals surface area (Å²) in [4.78, 5) is 2.46. The molecule has 2 rings (SSSR count). The molecule has 1 aliphatic rings. The predicted octanol–water partition coefficient (Wildman–Crippen LogP) is 2.81. The average Bonchev–Trinajstić information content (AvgIpc) is 2.58. The number of nitrogens with zero attached hydrogens (tertiary/aromatic N) is 1. The molecule has 1 aromatic rings. The summed E-state index contributed by atoms with van der Waals surface area (Å²) < 4.78 is 5.42. The minimum Gasteiger partial charge on any atom is -0.496 e. The van der Waals surface area contributed by atoms with E-state index in [4.69, 9.17) is 4.74 Å². The molecule has 1 aromatic carbocycles. The van der Waals surface area contributed by atoms with Crippen LogP contribution in [0.5, 0.6) is 5.75 Å². The van der Waals surface area contributed by atoms with Crippen LogP contribution in [0.4, 0.5) is 5.69 Å². The van der Waals surface area contributed by atoms with Crippen LogP contribution in [0.15, 0.2) is 18.2 Å². The Kier molecular flexibility index (Phi) is 8.94. The monoisotopic (exact) mass is 307 g/mol. The van der Waals surface area contributed by atoms with E-state index in [-0.39, 0.29) is 0 Å². The number of hydrogen-bond donors (Lipinski definition) is 2. The van der Waals surface area contributed by atoms with Crippen molar-refractivity contribution in [2.24, 2.45) is 0 Å². The highest BCUT2D eigenvalue weighted by atomic mass is 16.5. The van der Waals surface area contributed by atoms with Crippen molar-refractivity contribution in [3.63, 3.8) is 0 Å². The van der Waals surface area contributed by atoms with E-state index in [1.54, 1.807) is 7.11 Å². The van der Waals surface area contributed by atoms with Crippen LogP contribution in [0, 0.1) is 6.92 Å². The maximum Gasteiger partial charge on any atom is 0.123 e. The number of piperidine rings is 1. The fraction of sp³-hybridized carbons (Fsp3) is 0.667. The summed E-state index contributed by atoms with van der Waals surface area (Å²) >= 11 is 0. The van der Waals surface area contributed by atoms with E-state index in [0.717, 1.165) is 31.9 Å². The van der Waals surface area contributed by atoms with Gasteiger partial charge in [-0.05, 0) is 38.4 Å². The van der Waals surface area contributed by atoms with Crippen LogP contribution in [0.2, 0.25) is 0 Å². The van der Waals surface area contributed by atoms with Crippen molar-refractivity contribution < 1.29 is 4.74 Å². The third-order valence-electron chi connectivity index (χ3n) is 4.06. The third kappa shape index (κ3) is 5.50. The van der Waals surface area contributed by atoms with Crippen LogP contribution in [0.25, 0.3) is 0 Å². The number of rotatable bonds is 6. The van der Waals surface area contributed by atoms with E-state index < -0.39 is 0 Å². The molecule has 2 N–H and O–H groups in total. The van der Waals surface area contributed by atoms with Gasteiger partial charge in [0.25, 0.3) is 0 Å². The van der Waals surface area contributed by atoms with E-state index in [0.29, 0.717) is 6.04 Å². The number of aryl methyl sites for hydroxylation is 1. The molecule has 1 saturated heterocycles. The molecule has 0 atom stereocenters. The molecule has 0 spiro atoms. The second kappa shape index (κ2) is 10.5. The van der Waals surface area contributed by atoms with Crippen molar-refractivity contribution in [1.82, 2.24) is 10.6 Å². The Morgan fingerprint density at radius 2 is 1.86 bits per heavy atom. The molecule has 1 heterocycles. The number of likely N-dealkylation sites (N-methyl/N-ethyl adjacent to an activating group) is 1. The van der Waals surface area contributed by atoms with E-state index >= 15 is 0 Å². The standard InChI is InChI=1S/C16H27N3O.C2H6/c1-13-4-5-15(12-16(13)20-3)19-10-6-14(7-11-19)18-9-8-17-2;1-2/h4-5,12,14,17-18H,6-11H2,1-3H3;1-2H3. The molecule has 0 amide bonds. The lowest BCUT2D eigenvalue weighted by Gasteiger charge is -2.34. The molecule has 0 aliphatic carbocycles. The summed E-state index contributed by atoms with van der Waals surface area (Å²) in [6, 6.07) is 7.16. The molecule has 126 valence electrons. The van der Waals surface area contributed by atoms with Gasteiger partial charge in [0.05, 0.1) is 7.11 Å². The Hall–Kier alpha value is -1.26. The summed E-state index contributed by atoms with van der Waals surface area (Å²) in [6.45, 7) is 10.4. The summed E-state index contributed by atoms with van der Waals surface area (Å²) in [5.74, 6) is 0.983. The van der Waals surface area contributed by atoms with E-state index in [2.05, 4.69) is 40.7 Å². The number of benzene rings is 1. The second-order valence-electron chi connectivity index (χ2n) is 5.47. The lowest BCUT2D eigenvalue weighted by molar-refractivity contribution is 0.407. The molecule has 22 heavy (non-hydrogen) atoms. The first-order valence-electron chi connectivity index (χ1n) is 8.52. The van der Waals surface area contributed by atoms with Gasteiger partial charge in [-0.25, -0.2) is 0 Å². The topological polar surface area (TPSA) is 36.5 Å².